The predicted octanol–water partition coefficient (Wildman–Crippen LogP) is 5.86. The van der Waals surface area contributed by atoms with Gasteiger partial charge in [0, 0.05) is 6.54 Å². The minimum atomic E-state index is -0.722. The normalized spacial score (nSPS) is 17.8. The maximum absolute atomic E-state index is 13.3. The van der Waals surface area contributed by atoms with E-state index < -0.39 is 17.7 Å². The van der Waals surface area contributed by atoms with Crippen molar-refractivity contribution in [3.8, 4) is 11.5 Å². The van der Waals surface area contributed by atoms with E-state index in [2.05, 4.69) is 34.6 Å². The highest BCUT2D eigenvalue weighted by atomic mass is 16.5. The highest BCUT2D eigenvalue weighted by molar-refractivity contribution is 6.46. The Labute approximate surface area is 208 Å². The SMILES string of the molecule is CCCN1C(=O)C(=O)/C(=C(/O)c2cc(C(C)(C)C)ccc2OC)C1c1cccc(OCC(C)C)c1. The van der Waals surface area contributed by atoms with Crippen molar-refractivity contribution in [1.29, 1.82) is 0 Å². The lowest BCUT2D eigenvalue weighted by molar-refractivity contribution is -0.139. The lowest BCUT2D eigenvalue weighted by Crippen LogP contribution is -2.30. The first-order valence-corrected chi connectivity index (χ1v) is 12.2. The standard InChI is InChI=1S/C29H37NO5/c1-8-14-30-25(19-10-9-11-21(15-19)35-17-18(2)3)24(27(32)28(30)33)26(31)22-16-20(29(4,5)6)12-13-23(22)34-7/h9-13,15-16,18,25,31H,8,14,17H2,1-7H3/b26-24+. The minimum absolute atomic E-state index is 0.0637. The van der Waals surface area contributed by atoms with Crippen molar-refractivity contribution < 1.29 is 24.2 Å². The number of carbonyl (C=O) groups excluding carboxylic acids is 2. The molecule has 1 N–H and O–H groups in total. The Balaban J connectivity index is 2.21. The van der Waals surface area contributed by atoms with Crippen LogP contribution in [0.15, 0.2) is 48.0 Å². The Bertz CT molecular complexity index is 1130. The van der Waals surface area contributed by atoms with Gasteiger partial charge in [0.15, 0.2) is 0 Å². The van der Waals surface area contributed by atoms with Crippen LogP contribution in [0, 0.1) is 5.92 Å². The number of ketones is 1. The van der Waals surface area contributed by atoms with Crippen LogP contribution in [0.3, 0.4) is 0 Å². The molecule has 6 nitrogen and oxygen atoms in total. The smallest absolute Gasteiger partial charge is 0.295 e. The van der Waals surface area contributed by atoms with Gasteiger partial charge in [-0.05, 0) is 53.1 Å². The number of hydrogen-bond donors (Lipinski definition) is 1. The zero-order chi connectivity index (χ0) is 25.9. The summed E-state index contributed by atoms with van der Waals surface area (Å²) in [4.78, 5) is 27.9. The number of carbonyl (C=O) groups is 2. The van der Waals surface area contributed by atoms with E-state index >= 15 is 0 Å². The van der Waals surface area contributed by atoms with Crippen LogP contribution in [0.25, 0.3) is 5.76 Å². The number of aliphatic hydroxyl groups excluding tert-OH is 1. The quantitative estimate of drug-likeness (QED) is 0.292. The lowest BCUT2D eigenvalue weighted by Gasteiger charge is -2.26. The average Bonchev–Trinajstić information content (AvgIpc) is 3.06. The van der Waals surface area contributed by atoms with Gasteiger partial charge in [0.25, 0.3) is 11.7 Å². The monoisotopic (exact) mass is 479 g/mol. The molecule has 3 rings (SSSR count). The number of benzene rings is 2. The zero-order valence-corrected chi connectivity index (χ0v) is 21.8. The first kappa shape index (κ1) is 26.3. The van der Waals surface area contributed by atoms with Gasteiger partial charge in [-0.2, -0.15) is 0 Å². The van der Waals surface area contributed by atoms with E-state index in [1.54, 1.807) is 6.07 Å². The molecule has 1 atom stereocenters. The van der Waals surface area contributed by atoms with Gasteiger partial charge in [-0.15, -0.1) is 0 Å². The van der Waals surface area contributed by atoms with Gasteiger partial charge in [-0.3, -0.25) is 9.59 Å². The van der Waals surface area contributed by atoms with Crippen LogP contribution >= 0.6 is 0 Å². The van der Waals surface area contributed by atoms with Crippen molar-refractivity contribution in [3.05, 3.63) is 64.7 Å². The molecule has 1 aliphatic rings. The largest absolute Gasteiger partial charge is 0.507 e. The van der Waals surface area contributed by atoms with Crippen molar-refractivity contribution in [3.63, 3.8) is 0 Å². The van der Waals surface area contributed by atoms with Gasteiger partial charge in [-0.1, -0.05) is 59.7 Å². The highest BCUT2D eigenvalue weighted by Gasteiger charge is 2.46. The molecular weight excluding hydrogens is 442 g/mol. The molecule has 0 bridgehead atoms. The summed E-state index contributed by atoms with van der Waals surface area (Å²) in [5.41, 5.74) is 1.96. The Hall–Kier alpha value is -3.28. The molecule has 0 aromatic heterocycles. The molecule has 35 heavy (non-hydrogen) atoms. The number of aliphatic hydroxyl groups is 1. The lowest BCUT2D eigenvalue weighted by atomic mass is 9.85. The summed E-state index contributed by atoms with van der Waals surface area (Å²) < 4.78 is 11.4. The number of likely N-dealkylation sites (tertiary alicyclic amines) is 1. The van der Waals surface area contributed by atoms with Gasteiger partial charge < -0.3 is 19.5 Å². The third-order valence-electron chi connectivity index (χ3n) is 6.08. The fourth-order valence-corrected chi connectivity index (χ4v) is 4.24. The summed E-state index contributed by atoms with van der Waals surface area (Å²) in [6.45, 7) is 13.2. The molecule has 1 heterocycles. The molecule has 0 spiro atoms. The number of hydrogen-bond acceptors (Lipinski definition) is 5. The van der Waals surface area contributed by atoms with E-state index in [0.717, 1.165) is 5.56 Å². The number of nitrogens with zero attached hydrogens (tertiary/aromatic N) is 1. The van der Waals surface area contributed by atoms with Crippen LogP contribution in [0.1, 0.15) is 70.7 Å². The topological polar surface area (TPSA) is 76.1 Å². The van der Waals surface area contributed by atoms with Crippen molar-refractivity contribution in [2.75, 3.05) is 20.3 Å². The summed E-state index contributed by atoms with van der Waals surface area (Å²) >= 11 is 0. The second-order valence-corrected chi connectivity index (χ2v) is 10.4. The number of rotatable bonds is 8. The van der Waals surface area contributed by atoms with Gasteiger partial charge in [0.2, 0.25) is 0 Å². The summed E-state index contributed by atoms with van der Waals surface area (Å²) in [5, 5.41) is 11.5. The van der Waals surface area contributed by atoms with Crippen LogP contribution < -0.4 is 9.47 Å². The Morgan fingerprint density at radius 2 is 1.83 bits per heavy atom. The summed E-state index contributed by atoms with van der Waals surface area (Å²) in [6, 6.07) is 12.2. The maximum Gasteiger partial charge on any atom is 0.295 e. The Morgan fingerprint density at radius 3 is 2.43 bits per heavy atom. The molecule has 188 valence electrons. The molecule has 2 aromatic carbocycles. The molecule has 1 amide bonds. The second-order valence-electron chi connectivity index (χ2n) is 10.4. The zero-order valence-electron chi connectivity index (χ0n) is 21.8. The van der Waals surface area contributed by atoms with E-state index in [1.165, 1.54) is 12.0 Å². The van der Waals surface area contributed by atoms with Crippen molar-refractivity contribution in [2.24, 2.45) is 5.92 Å². The van der Waals surface area contributed by atoms with E-state index in [1.807, 2.05) is 43.3 Å². The summed E-state index contributed by atoms with van der Waals surface area (Å²) in [7, 11) is 1.52. The second kappa shape index (κ2) is 10.5. The highest BCUT2D eigenvalue weighted by Crippen LogP contribution is 2.42. The molecule has 0 radical (unpaired) electrons. The third kappa shape index (κ3) is 5.53. The number of ether oxygens (including phenoxy) is 2. The van der Waals surface area contributed by atoms with Crippen LogP contribution in [0.2, 0.25) is 0 Å². The molecule has 1 fully saturated rings. The van der Waals surface area contributed by atoms with Gasteiger partial charge in [0.05, 0.1) is 30.9 Å². The van der Waals surface area contributed by atoms with Crippen LogP contribution in [0.4, 0.5) is 0 Å². The van der Waals surface area contributed by atoms with Gasteiger partial charge >= 0.3 is 0 Å². The molecular formula is C29H37NO5. The van der Waals surface area contributed by atoms with E-state index in [0.29, 0.717) is 48.1 Å². The fourth-order valence-electron chi connectivity index (χ4n) is 4.24. The van der Waals surface area contributed by atoms with Crippen molar-refractivity contribution in [1.82, 2.24) is 4.90 Å². The number of amides is 1. The Morgan fingerprint density at radius 1 is 1.11 bits per heavy atom. The molecule has 2 aromatic rings. The van der Waals surface area contributed by atoms with E-state index in [4.69, 9.17) is 9.47 Å². The van der Waals surface area contributed by atoms with Crippen LogP contribution in [-0.4, -0.2) is 42.0 Å². The van der Waals surface area contributed by atoms with Gasteiger partial charge in [-0.25, -0.2) is 0 Å². The molecule has 1 saturated heterocycles. The van der Waals surface area contributed by atoms with E-state index in [-0.39, 0.29) is 16.7 Å². The summed E-state index contributed by atoms with van der Waals surface area (Å²) in [6.07, 6.45) is 0.677. The minimum Gasteiger partial charge on any atom is -0.507 e. The molecule has 1 aliphatic heterocycles. The summed E-state index contributed by atoms with van der Waals surface area (Å²) in [5.74, 6) is -0.0959. The fraction of sp³-hybridized carbons (Fsp3) is 0.448. The van der Waals surface area contributed by atoms with Crippen molar-refractivity contribution >= 4 is 17.4 Å². The Kier molecular flexibility index (Phi) is 7.93. The molecule has 6 heteroatoms. The van der Waals surface area contributed by atoms with E-state index in [9.17, 15) is 14.7 Å². The molecule has 1 unspecified atom stereocenters. The average molecular weight is 480 g/mol. The first-order valence-electron chi connectivity index (χ1n) is 12.2. The van der Waals surface area contributed by atoms with Crippen molar-refractivity contribution in [2.45, 2.75) is 59.4 Å². The third-order valence-corrected chi connectivity index (χ3v) is 6.08. The molecule has 0 saturated carbocycles. The van der Waals surface area contributed by atoms with Gasteiger partial charge in [0.1, 0.15) is 17.3 Å². The van der Waals surface area contributed by atoms with Crippen LogP contribution in [-0.2, 0) is 15.0 Å². The van der Waals surface area contributed by atoms with Crippen LogP contribution in [0.5, 0.6) is 11.5 Å². The maximum atomic E-state index is 13.3. The molecule has 0 aliphatic carbocycles. The number of Topliss-reactive ketones (excluding diaryl/α,β-unsaturated/α-hetero) is 1. The first-order chi connectivity index (χ1) is 16.5. The predicted molar refractivity (Wildman–Crippen MR) is 138 cm³/mol. The number of methoxy groups -OCH3 is 1.